The Hall–Kier alpha value is -2.54. The number of carbonyl (C=O) groups excluding carboxylic acids is 1. The lowest BCUT2D eigenvalue weighted by Crippen LogP contribution is -2.41. The third kappa shape index (κ3) is 4.28. The first kappa shape index (κ1) is 20.4. The largest absolute Gasteiger partial charge is 0.342 e. The van der Waals surface area contributed by atoms with Gasteiger partial charge in [-0.1, -0.05) is 25.0 Å². The van der Waals surface area contributed by atoms with Crippen LogP contribution >= 0.6 is 0 Å². The van der Waals surface area contributed by atoms with Crippen LogP contribution in [0.5, 0.6) is 0 Å². The number of aromatic nitrogens is 2. The predicted molar refractivity (Wildman–Crippen MR) is 115 cm³/mol. The fourth-order valence-electron chi connectivity index (χ4n) is 5.34. The molecule has 1 saturated heterocycles. The molecule has 164 valence electrons. The summed E-state index contributed by atoms with van der Waals surface area (Å²) in [6.45, 7) is 2.90. The van der Waals surface area contributed by atoms with Crippen LogP contribution in [0.25, 0.3) is 0 Å². The highest BCUT2D eigenvalue weighted by atomic mass is 19.1. The molecule has 7 heteroatoms. The molecule has 2 aromatic rings. The average Bonchev–Trinajstić information content (AvgIpc) is 3.48. The molecule has 1 atom stereocenters. The Labute approximate surface area is 181 Å². The molecule has 1 amide bonds. The van der Waals surface area contributed by atoms with E-state index in [1.54, 1.807) is 12.1 Å². The summed E-state index contributed by atoms with van der Waals surface area (Å²) < 4.78 is 13.1. The minimum atomic E-state index is -0.300. The summed E-state index contributed by atoms with van der Waals surface area (Å²) in [6.07, 6.45) is 6.94. The number of nitrogens with zero attached hydrogens (tertiary/aromatic N) is 3. The molecule has 0 radical (unpaired) electrons. The minimum absolute atomic E-state index is 0.0150. The number of halogens is 1. The van der Waals surface area contributed by atoms with Gasteiger partial charge in [0.1, 0.15) is 11.6 Å². The van der Waals surface area contributed by atoms with Gasteiger partial charge in [-0.15, -0.1) is 0 Å². The van der Waals surface area contributed by atoms with Crippen molar-refractivity contribution in [3.63, 3.8) is 0 Å². The third-order valence-electron chi connectivity index (χ3n) is 7.15. The van der Waals surface area contributed by atoms with Crippen molar-refractivity contribution in [3.8, 4) is 0 Å². The fraction of sp³-hybridized carbons (Fsp3) is 0.542. The van der Waals surface area contributed by atoms with E-state index >= 15 is 0 Å². The first-order valence-corrected chi connectivity index (χ1v) is 11.4. The second kappa shape index (κ2) is 8.54. The lowest BCUT2D eigenvalue weighted by Gasteiger charge is -2.32. The van der Waals surface area contributed by atoms with Gasteiger partial charge in [0.05, 0.1) is 17.7 Å². The van der Waals surface area contributed by atoms with Crippen molar-refractivity contribution in [2.75, 3.05) is 19.6 Å². The van der Waals surface area contributed by atoms with Crippen LogP contribution in [0.4, 0.5) is 4.39 Å². The van der Waals surface area contributed by atoms with Crippen LogP contribution in [0, 0.1) is 5.82 Å². The van der Waals surface area contributed by atoms with E-state index in [1.807, 2.05) is 4.90 Å². The maximum atomic E-state index is 13.1. The molecule has 3 aliphatic rings. The second-order valence-corrected chi connectivity index (χ2v) is 9.16. The van der Waals surface area contributed by atoms with Crippen LogP contribution in [0.1, 0.15) is 60.7 Å². The molecule has 1 N–H and O–H groups in total. The van der Waals surface area contributed by atoms with Crippen molar-refractivity contribution in [2.24, 2.45) is 0 Å². The van der Waals surface area contributed by atoms with Crippen molar-refractivity contribution >= 4 is 5.91 Å². The summed E-state index contributed by atoms with van der Waals surface area (Å²) >= 11 is 0. The van der Waals surface area contributed by atoms with Crippen molar-refractivity contribution in [1.29, 1.82) is 0 Å². The minimum Gasteiger partial charge on any atom is -0.342 e. The van der Waals surface area contributed by atoms with Crippen molar-refractivity contribution < 1.29 is 9.18 Å². The normalized spacial score (nSPS) is 22.1. The van der Waals surface area contributed by atoms with Crippen LogP contribution in [0.15, 0.2) is 29.1 Å². The first-order chi connectivity index (χ1) is 15.1. The van der Waals surface area contributed by atoms with E-state index in [0.717, 1.165) is 42.0 Å². The first-order valence-electron chi connectivity index (χ1n) is 11.4. The summed E-state index contributed by atoms with van der Waals surface area (Å²) in [4.78, 5) is 37.7. The Balaban J connectivity index is 1.25. The van der Waals surface area contributed by atoms with Crippen LogP contribution in [-0.4, -0.2) is 51.4 Å². The van der Waals surface area contributed by atoms with Gasteiger partial charge >= 0.3 is 0 Å². The Morgan fingerprint density at radius 2 is 1.90 bits per heavy atom. The highest BCUT2D eigenvalue weighted by Gasteiger charge is 2.32. The molecule has 0 bridgehead atoms. The summed E-state index contributed by atoms with van der Waals surface area (Å²) in [5.41, 5.74) is 2.55. The van der Waals surface area contributed by atoms with Crippen LogP contribution in [-0.2, 0) is 24.2 Å². The van der Waals surface area contributed by atoms with Gasteiger partial charge < -0.3 is 9.88 Å². The zero-order valence-corrected chi connectivity index (χ0v) is 17.8. The molecule has 1 aromatic carbocycles. The Bertz CT molecular complexity index is 1010. The van der Waals surface area contributed by atoms with E-state index in [9.17, 15) is 14.0 Å². The number of benzene rings is 1. The molecular weight excluding hydrogens is 395 g/mol. The van der Waals surface area contributed by atoms with Crippen molar-refractivity contribution in [1.82, 2.24) is 19.8 Å². The standard InChI is InChI=1S/C24H29FN4O2/c25-18-7-5-16(6-8-18)13-22(30)29-11-9-17(14-29)23-26-21-10-12-28(19-3-1-2-4-19)15-20(21)24(31)27-23/h5-8,17,19H,1-4,9-15H2,(H,26,27,31)/t17-/m0/s1. The van der Waals surface area contributed by atoms with Crippen molar-refractivity contribution in [2.45, 2.75) is 63.5 Å². The number of rotatable bonds is 4. The zero-order chi connectivity index (χ0) is 21.4. The molecule has 1 aliphatic carbocycles. The lowest BCUT2D eigenvalue weighted by atomic mass is 10.0. The Morgan fingerprint density at radius 3 is 2.68 bits per heavy atom. The van der Waals surface area contributed by atoms with Gasteiger partial charge in [0, 0.05) is 44.6 Å². The van der Waals surface area contributed by atoms with E-state index in [-0.39, 0.29) is 29.6 Å². The SMILES string of the molecule is O=C(Cc1ccc(F)cc1)N1CC[C@H](c2nc3c(c(=O)[nH]2)CN(C2CCCC2)CC3)C1. The summed E-state index contributed by atoms with van der Waals surface area (Å²) in [5.74, 6) is 0.506. The number of hydrogen-bond donors (Lipinski definition) is 1. The van der Waals surface area contributed by atoms with E-state index < -0.39 is 0 Å². The van der Waals surface area contributed by atoms with Gasteiger partial charge in [-0.05, 0) is 37.0 Å². The van der Waals surface area contributed by atoms with Gasteiger partial charge in [-0.25, -0.2) is 9.37 Å². The summed E-state index contributed by atoms with van der Waals surface area (Å²) in [6, 6.07) is 6.68. The lowest BCUT2D eigenvalue weighted by molar-refractivity contribution is -0.129. The van der Waals surface area contributed by atoms with Gasteiger partial charge in [-0.3, -0.25) is 14.5 Å². The highest BCUT2D eigenvalue weighted by molar-refractivity contribution is 5.79. The molecular formula is C24H29FN4O2. The molecule has 1 saturated carbocycles. The molecule has 2 fully saturated rings. The van der Waals surface area contributed by atoms with Gasteiger partial charge in [-0.2, -0.15) is 0 Å². The number of nitrogens with one attached hydrogen (secondary N) is 1. The molecule has 5 rings (SSSR count). The van der Waals surface area contributed by atoms with Crippen LogP contribution in [0.3, 0.4) is 0 Å². The monoisotopic (exact) mass is 424 g/mol. The van der Waals surface area contributed by atoms with E-state index in [0.29, 0.717) is 25.7 Å². The Morgan fingerprint density at radius 1 is 1.13 bits per heavy atom. The number of amides is 1. The van der Waals surface area contributed by atoms with E-state index in [4.69, 9.17) is 4.98 Å². The van der Waals surface area contributed by atoms with Gasteiger partial charge in [0.2, 0.25) is 5.91 Å². The molecule has 0 spiro atoms. The number of H-pyrrole nitrogens is 1. The molecule has 3 heterocycles. The Kier molecular flexibility index (Phi) is 5.61. The van der Waals surface area contributed by atoms with Crippen LogP contribution in [0.2, 0.25) is 0 Å². The molecule has 1 aromatic heterocycles. The topological polar surface area (TPSA) is 69.3 Å². The number of aromatic amines is 1. The number of hydrogen-bond acceptors (Lipinski definition) is 4. The predicted octanol–water partition coefficient (Wildman–Crippen LogP) is 2.77. The summed E-state index contributed by atoms with van der Waals surface area (Å²) in [5, 5.41) is 0. The molecule has 6 nitrogen and oxygen atoms in total. The van der Waals surface area contributed by atoms with E-state index in [2.05, 4.69) is 9.88 Å². The molecule has 31 heavy (non-hydrogen) atoms. The smallest absolute Gasteiger partial charge is 0.255 e. The fourth-order valence-corrected chi connectivity index (χ4v) is 5.34. The quantitative estimate of drug-likeness (QED) is 0.820. The highest BCUT2D eigenvalue weighted by Crippen LogP contribution is 2.29. The van der Waals surface area contributed by atoms with E-state index in [1.165, 1.54) is 37.8 Å². The zero-order valence-electron chi connectivity index (χ0n) is 17.8. The maximum absolute atomic E-state index is 13.1. The maximum Gasteiger partial charge on any atom is 0.255 e. The van der Waals surface area contributed by atoms with Gasteiger partial charge in [0.15, 0.2) is 0 Å². The van der Waals surface area contributed by atoms with Gasteiger partial charge in [0.25, 0.3) is 5.56 Å². The van der Waals surface area contributed by atoms with Crippen molar-refractivity contribution in [3.05, 3.63) is 63.1 Å². The average molecular weight is 425 g/mol. The summed E-state index contributed by atoms with van der Waals surface area (Å²) in [7, 11) is 0. The number of fused-ring (bicyclic) bond motifs is 1. The molecule has 0 unspecified atom stereocenters. The van der Waals surface area contributed by atoms with Crippen LogP contribution < -0.4 is 5.56 Å². The number of carbonyl (C=O) groups is 1. The number of likely N-dealkylation sites (tertiary alicyclic amines) is 1. The molecule has 2 aliphatic heterocycles. The third-order valence-corrected chi connectivity index (χ3v) is 7.15. The second-order valence-electron chi connectivity index (χ2n) is 9.16.